The highest BCUT2D eigenvalue weighted by Gasteiger charge is 2.22. The third-order valence-corrected chi connectivity index (χ3v) is 2.67. The van der Waals surface area contributed by atoms with Crippen LogP contribution in [-0.4, -0.2) is 17.5 Å². The molecule has 2 rings (SSSR count). The molecule has 3 heteroatoms. The van der Waals surface area contributed by atoms with Crippen molar-refractivity contribution in [3.63, 3.8) is 0 Å². The van der Waals surface area contributed by atoms with Gasteiger partial charge in [0.05, 0.1) is 17.7 Å². The van der Waals surface area contributed by atoms with Crippen LogP contribution in [0.5, 0.6) is 11.5 Å². The predicted molar refractivity (Wildman–Crippen MR) is 70.9 cm³/mol. The van der Waals surface area contributed by atoms with Crippen molar-refractivity contribution in [1.29, 1.82) is 0 Å². The molecule has 3 nitrogen and oxygen atoms in total. The molecule has 0 unspecified atom stereocenters. The minimum Gasteiger partial charge on any atom is -0.507 e. The Labute approximate surface area is 106 Å². The second-order valence-corrected chi connectivity index (χ2v) is 3.88. The first-order valence-corrected chi connectivity index (χ1v) is 5.72. The Kier molecular flexibility index (Phi) is 3.63. The summed E-state index contributed by atoms with van der Waals surface area (Å²) in [6.07, 6.45) is 9.08. The lowest BCUT2D eigenvalue weighted by Crippen LogP contribution is -2.16. The summed E-state index contributed by atoms with van der Waals surface area (Å²) >= 11 is 0. The summed E-state index contributed by atoms with van der Waals surface area (Å²) in [6.45, 7) is 3.92. The first kappa shape index (κ1) is 12.2. The van der Waals surface area contributed by atoms with E-state index in [-0.39, 0.29) is 11.5 Å². The highest BCUT2D eigenvalue weighted by Crippen LogP contribution is 2.35. The van der Waals surface area contributed by atoms with Gasteiger partial charge in [0.1, 0.15) is 11.5 Å². The van der Waals surface area contributed by atoms with Gasteiger partial charge in [-0.25, -0.2) is 0 Å². The molecule has 0 amide bonds. The van der Waals surface area contributed by atoms with Gasteiger partial charge in [-0.3, -0.25) is 4.79 Å². The maximum atomic E-state index is 11.7. The maximum Gasteiger partial charge on any atom is 0.170 e. The molecule has 1 N–H and O–H groups in total. The summed E-state index contributed by atoms with van der Waals surface area (Å²) < 4.78 is 5.49. The first-order valence-electron chi connectivity index (χ1n) is 5.72. The average Bonchev–Trinajstić information content (AvgIpc) is 2.37. The minimum absolute atomic E-state index is 0.0486. The standard InChI is InChI=1S/C15H14O3/c1-2-3-4-5-6-11-13(16)8-7-12-14(17)9-10-18-15(11)12/h2-8,16H,1,9-10H2. The van der Waals surface area contributed by atoms with E-state index in [1.807, 2.05) is 0 Å². The number of carbonyl (C=O) groups excluding carboxylic acids is 1. The van der Waals surface area contributed by atoms with Crippen molar-refractivity contribution in [2.45, 2.75) is 6.42 Å². The minimum atomic E-state index is 0.0486. The highest BCUT2D eigenvalue weighted by molar-refractivity contribution is 6.01. The van der Waals surface area contributed by atoms with Gasteiger partial charge in [-0.1, -0.05) is 30.9 Å². The molecule has 1 aromatic rings. The smallest absolute Gasteiger partial charge is 0.170 e. The van der Waals surface area contributed by atoms with Crippen LogP contribution in [0.1, 0.15) is 22.3 Å². The van der Waals surface area contributed by atoms with E-state index in [2.05, 4.69) is 6.58 Å². The monoisotopic (exact) mass is 242 g/mol. The number of phenolic OH excluding ortho intramolecular Hbond substituents is 1. The molecular weight excluding hydrogens is 228 g/mol. The molecule has 0 saturated carbocycles. The van der Waals surface area contributed by atoms with E-state index in [1.165, 1.54) is 6.07 Å². The van der Waals surface area contributed by atoms with Gasteiger partial charge >= 0.3 is 0 Å². The molecular formula is C15H14O3. The van der Waals surface area contributed by atoms with E-state index in [1.54, 1.807) is 36.4 Å². The molecule has 92 valence electrons. The number of ether oxygens (including phenoxy) is 1. The van der Waals surface area contributed by atoms with Crippen molar-refractivity contribution < 1.29 is 14.6 Å². The number of Topliss-reactive ketones (excluding diaryl/α,β-unsaturated/α-hetero) is 1. The number of hydrogen-bond acceptors (Lipinski definition) is 3. The van der Waals surface area contributed by atoms with Crippen LogP contribution in [0.2, 0.25) is 0 Å². The number of allylic oxidation sites excluding steroid dienone is 4. The Morgan fingerprint density at radius 2 is 2.11 bits per heavy atom. The van der Waals surface area contributed by atoms with Crippen molar-refractivity contribution in [3.05, 3.63) is 54.1 Å². The molecule has 18 heavy (non-hydrogen) atoms. The second-order valence-electron chi connectivity index (χ2n) is 3.88. The molecule has 0 aliphatic carbocycles. The number of ketones is 1. The summed E-state index contributed by atoms with van der Waals surface area (Å²) in [7, 11) is 0. The SMILES string of the molecule is C=CC=CC=Cc1c(O)ccc2c1OCCC2=O. The van der Waals surface area contributed by atoms with Crippen LogP contribution in [-0.2, 0) is 0 Å². The fraction of sp³-hybridized carbons (Fsp3) is 0.133. The van der Waals surface area contributed by atoms with E-state index in [9.17, 15) is 9.90 Å². The van der Waals surface area contributed by atoms with Gasteiger partial charge in [-0.15, -0.1) is 0 Å². The summed E-state index contributed by atoms with van der Waals surface area (Å²) in [5, 5.41) is 9.82. The summed E-state index contributed by atoms with van der Waals surface area (Å²) in [5.74, 6) is 0.619. The molecule has 0 bridgehead atoms. The number of phenols is 1. The van der Waals surface area contributed by atoms with Crippen LogP contribution in [0.25, 0.3) is 6.08 Å². The molecule has 1 aliphatic heterocycles. The Morgan fingerprint density at radius 1 is 1.28 bits per heavy atom. The summed E-state index contributed by atoms with van der Waals surface area (Å²) in [6, 6.07) is 3.12. The van der Waals surface area contributed by atoms with Crippen LogP contribution in [0.15, 0.2) is 43.0 Å². The van der Waals surface area contributed by atoms with Gasteiger partial charge in [0, 0.05) is 6.42 Å². The number of aromatic hydroxyl groups is 1. The molecule has 0 radical (unpaired) electrons. The van der Waals surface area contributed by atoms with Crippen molar-refractivity contribution in [1.82, 2.24) is 0 Å². The van der Waals surface area contributed by atoms with Crippen LogP contribution >= 0.6 is 0 Å². The lowest BCUT2D eigenvalue weighted by molar-refractivity contribution is 0.0933. The van der Waals surface area contributed by atoms with Crippen LogP contribution < -0.4 is 4.74 Å². The summed E-state index contributed by atoms with van der Waals surface area (Å²) in [4.78, 5) is 11.7. The normalized spacial score (nSPS) is 14.8. The van der Waals surface area contributed by atoms with Gasteiger partial charge in [0.25, 0.3) is 0 Å². The summed E-state index contributed by atoms with van der Waals surface area (Å²) in [5.41, 5.74) is 1.07. The third kappa shape index (κ3) is 2.35. The molecule has 1 heterocycles. The molecule has 1 aliphatic rings. The zero-order chi connectivity index (χ0) is 13.0. The third-order valence-electron chi connectivity index (χ3n) is 2.67. The molecule has 0 spiro atoms. The number of benzene rings is 1. The van der Waals surface area contributed by atoms with E-state index in [4.69, 9.17) is 4.74 Å². The average molecular weight is 242 g/mol. The number of carbonyl (C=O) groups is 1. The lowest BCUT2D eigenvalue weighted by atomic mass is 10.00. The van der Waals surface area contributed by atoms with E-state index < -0.39 is 0 Å². The van der Waals surface area contributed by atoms with Crippen molar-refractivity contribution in [3.8, 4) is 11.5 Å². The van der Waals surface area contributed by atoms with Gasteiger partial charge in [0.2, 0.25) is 0 Å². The van der Waals surface area contributed by atoms with Gasteiger partial charge in [0.15, 0.2) is 5.78 Å². The quantitative estimate of drug-likeness (QED) is 0.828. The molecule has 1 aromatic carbocycles. The fourth-order valence-corrected chi connectivity index (χ4v) is 1.80. The van der Waals surface area contributed by atoms with Crippen molar-refractivity contribution in [2.75, 3.05) is 6.61 Å². The van der Waals surface area contributed by atoms with Gasteiger partial charge in [-0.05, 0) is 18.2 Å². The zero-order valence-electron chi connectivity index (χ0n) is 9.93. The van der Waals surface area contributed by atoms with Crippen LogP contribution in [0.4, 0.5) is 0 Å². The molecule has 0 saturated heterocycles. The second kappa shape index (κ2) is 5.36. The maximum absolute atomic E-state index is 11.7. The van der Waals surface area contributed by atoms with Crippen molar-refractivity contribution in [2.24, 2.45) is 0 Å². The molecule has 0 fully saturated rings. The fourth-order valence-electron chi connectivity index (χ4n) is 1.80. The Balaban J connectivity index is 2.42. The highest BCUT2D eigenvalue weighted by atomic mass is 16.5. The number of fused-ring (bicyclic) bond motifs is 1. The Bertz CT molecular complexity index is 539. The number of hydrogen-bond donors (Lipinski definition) is 1. The Morgan fingerprint density at radius 3 is 2.89 bits per heavy atom. The van der Waals surface area contributed by atoms with E-state index in [0.29, 0.717) is 29.9 Å². The van der Waals surface area contributed by atoms with Gasteiger partial charge < -0.3 is 9.84 Å². The Hall–Kier alpha value is -2.29. The largest absolute Gasteiger partial charge is 0.507 e. The lowest BCUT2D eigenvalue weighted by Gasteiger charge is -2.18. The number of rotatable bonds is 3. The van der Waals surface area contributed by atoms with E-state index in [0.717, 1.165) is 0 Å². The van der Waals surface area contributed by atoms with Crippen LogP contribution in [0.3, 0.4) is 0 Å². The first-order chi connectivity index (χ1) is 8.74. The van der Waals surface area contributed by atoms with Crippen LogP contribution in [0, 0.1) is 0 Å². The molecule has 0 aromatic heterocycles. The van der Waals surface area contributed by atoms with Crippen molar-refractivity contribution >= 4 is 11.9 Å². The topological polar surface area (TPSA) is 46.5 Å². The van der Waals surface area contributed by atoms with E-state index >= 15 is 0 Å². The molecule has 0 atom stereocenters. The predicted octanol–water partition coefficient (Wildman–Crippen LogP) is 3.11. The van der Waals surface area contributed by atoms with Gasteiger partial charge in [-0.2, -0.15) is 0 Å². The zero-order valence-corrected chi connectivity index (χ0v) is 9.93.